The summed E-state index contributed by atoms with van der Waals surface area (Å²) in [6.07, 6.45) is 0. The second-order valence-corrected chi connectivity index (χ2v) is 58.8. The fourth-order valence-corrected chi connectivity index (χ4v) is 58.9. The van der Waals surface area contributed by atoms with Gasteiger partial charge in [0, 0.05) is 17.6 Å². The van der Waals surface area contributed by atoms with Crippen LogP contribution in [0.15, 0.2) is 0 Å². The molecule has 0 rings (SSSR count). The van der Waals surface area contributed by atoms with Gasteiger partial charge in [0.1, 0.15) is 0 Å². The van der Waals surface area contributed by atoms with Crippen LogP contribution in [0.25, 0.3) is 0 Å². The third kappa shape index (κ3) is 15.6. The van der Waals surface area contributed by atoms with E-state index in [0.29, 0.717) is 40.3 Å². The molecular formula is C37H86Cl2GeSi6. The van der Waals surface area contributed by atoms with Crippen molar-refractivity contribution in [3.05, 3.63) is 0 Å². The number of halogens is 2. The Morgan fingerprint density at radius 3 is 0.565 bits per heavy atom. The van der Waals surface area contributed by atoms with Crippen molar-refractivity contribution in [2.45, 2.75) is 238 Å². The van der Waals surface area contributed by atoms with Crippen LogP contribution in [0.4, 0.5) is 0 Å². The molecule has 0 spiro atoms. The quantitative estimate of drug-likeness (QED) is 0.195. The van der Waals surface area contributed by atoms with E-state index in [-0.39, 0.29) is 35.2 Å². The fraction of sp³-hybridized carbons (Fsp3) is 1.00. The van der Waals surface area contributed by atoms with Crippen molar-refractivity contribution in [2.24, 2.45) is 0 Å². The van der Waals surface area contributed by atoms with Crippen LogP contribution in [0.3, 0.4) is 0 Å². The van der Waals surface area contributed by atoms with Crippen molar-refractivity contribution in [3.63, 3.8) is 0 Å². The molecule has 0 aromatic rings. The normalized spacial score (nSPS) is 15.0. The van der Waals surface area contributed by atoms with Crippen molar-refractivity contribution in [3.8, 4) is 0 Å². The third-order valence-electron chi connectivity index (χ3n) is 11.9. The first-order valence-electron chi connectivity index (χ1n) is 17.6. The summed E-state index contributed by atoms with van der Waals surface area (Å²) in [4.78, 5) is 0. The zero-order chi connectivity index (χ0) is 38.0. The summed E-state index contributed by atoms with van der Waals surface area (Å²) >= 11 is 14.8. The topological polar surface area (TPSA) is 0 Å². The SMILES string of the molecule is CC(C)(C)[Si](C)([Si](Cl)C[Si](Cl)[Si](C)(C(C)(C)C)C(C)(C)C)C(C)(C)C.C[Si](C(C)(C)C)C(C)(C)C.C[Si](C(C)(C)C)C(C)(C)C.[Ge]. The van der Waals surface area contributed by atoms with Gasteiger partial charge in [0.25, 0.3) is 0 Å². The van der Waals surface area contributed by atoms with Crippen molar-refractivity contribution in [1.82, 2.24) is 0 Å². The maximum absolute atomic E-state index is 7.39. The number of hydrogen-bond donors (Lipinski definition) is 0. The molecule has 0 nitrogen and oxygen atoms in total. The molecule has 0 heterocycles. The zero-order valence-electron chi connectivity index (χ0n) is 37.0. The number of rotatable bonds is 4. The summed E-state index contributed by atoms with van der Waals surface area (Å²) in [5.41, 5.74) is 1.15. The summed E-state index contributed by atoms with van der Waals surface area (Å²) in [7, 11) is -5.78. The Kier molecular flexibility index (Phi) is 21.6. The van der Waals surface area contributed by atoms with Crippen LogP contribution in [-0.2, 0) is 0 Å². The molecule has 0 aliphatic carbocycles. The van der Waals surface area contributed by atoms with E-state index >= 15 is 0 Å². The third-order valence-corrected chi connectivity index (χ3v) is 65.4. The van der Waals surface area contributed by atoms with E-state index in [4.69, 9.17) is 22.2 Å². The second-order valence-electron chi connectivity index (χ2n) is 22.5. The molecule has 0 amide bonds. The Labute approximate surface area is 323 Å². The maximum atomic E-state index is 7.39. The van der Waals surface area contributed by atoms with E-state index in [9.17, 15) is 0 Å². The molecule has 0 saturated carbocycles. The predicted octanol–water partition coefficient (Wildman–Crippen LogP) is 15.5. The summed E-state index contributed by atoms with van der Waals surface area (Å²) in [5.74, 6) is 0. The van der Waals surface area contributed by atoms with Crippen molar-refractivity contribution >= 4 is 87.8 Å². The molecule has 0 unspecified atom stereocenters. The van der Waals surface area contributed by atoms with Gasteiger partial charge in [-0.2, -0.15) is 22.2 Å². The molecule has 0 saturated heterocycles. The van der Waals surface area contributed by atoms with Gasteiger partial charge < -0.3 is 0 Å². The minimum absolute atomic E-state index is 0. The molecule has 0 atom stereocenters. The first kappa shape index (κ1) is 55.2. The molecule has 46 heavy (non-hydrogen) atoms. The van der Waals surface area contributed by atoms with Gasteiger partial charge in [-0.05, 0) is 46.0 Å². The first-order chi connectivity index (χ1) is 18.9. The van der Waals surface area contributed by atoms with Crippen molar-refractivity contribution in [1.29, 1.82) is 0 Å². The smallest absolute Gasteiger partial charge is 0.153 e. The van der Waals surface area contributed by atoms with Gasteiger partial charge >= 0.3 is 0 Å². The summed E-state index contributed by atoms with van der Waals surface area (Å²) < 4.78 is 0. The average molecular weight is 843 g/mol. The molecule has 276 valence electrons. The van der Waals surface area contributed by atoms with E-state index in [2.05, 4.69) is 192 Å². The molecular weight excluding hydrogens is 756 g/mol. The second kappa shape index (κ2) is 18.0. The monoisotopic (exact) mass is 842 g/mol. The molecule has 0 fully saturated rings. The zero-order valence-corrected chi connectivity index (χ0v) is 46.6. The molecule has 0 aromatic carbocycles. The van der Waals surface area contributed by atoms with E-state index in [0.717, 1.165) is 5.67 Å². The summed E-state index contributed by atoms with van der Waals surface area (Å²) in [6, 6.07) is 0. The summed E-state index contributed by atoms with van der Waals surface area (Å²) in [5, 5.41) is 3.41. The van der Waals surface area contributed by atoms with Crippen molar-refractivity contribution < 1.29 is 0 Å². The van der Waals surface area contributed by atoms with Crippen LogP contribution in [0.5, 0.6) is 0 Å². The number of hydrogen-bond acceptors (Lipinski definition) is 0. The molecule has 9 heteroatoms. The minimum Gasteiger partial charge on any atom is -0.173 e. The average Bonchev–Trinajstić information content (AvgIpc) is 2.71. The van der Waals surface area contributed by atoms with Gasteiger partial charge in [0.2, 0.25) is 0 Å². The Hall–Kier alpha value is 2.42. The van der Waals surface area contributed by atoms with Crippen LogP contribution in [0.2, 0.25) is 72.2 Å². The Morgan fingerprint density at radius 1 is 0.370 bits per heavy atom. The molecule has 8 radical (unpaired) electrons. The Balaban J connectivity index is -0.000000345. The summed E-state index contributed by atoms with van der Waals surface area (Å²) in [6.45, 7) is 67.3. The van der Waals surface area contributed by atoms with Gasteiger partial charge in [0.05, 0.1) is 32.8 Å². The van der Waals surface area contributed by atoms with Crippen LogP contribution < -0.4 is 0 Å². The minimum atomic E-state index is -1.69. The van der Waals surface area contributed by atoms with Crippen LogP contribution in [0.1, 0.15) is 166 Å². The Bertz CT molecular complexity index is 739. The van der Waals surface area contributed by atoms with Crippen LogP contribution in [-0.4, -0.2) is 65.6 Å². The van der Waals surface area contributed by atoms with Gasteiger partial charge in [-0.3, -0.25) is 0 Å². The van der Waals surface area contributed by atoms with Gasteiger partial charge in [-0.15, -0.1) is 0 Å². The molecule has 0 N–H and O–H groups in total. The van der Waals surface area contributed by atoms with Gasteiger partial charge in [-0.25, -0.2) is 0 Å². The van der Waals surface area contributed by atoms with Crippen molar-refractivity contribution in [2.75, 3.05) is 0 Å². The maximum Gasteiger partial charge on any atom is 0.153 e. The largest absolute Gasteiger partial charge is 0.173 e. The van der Waals surface area contributed by atoms with E-state index in [1.165, 1.54) is 0 Å². The Morgan fingerprint density at radius 2 is 0.500 bits per heavy atom. The van der Waals surface area contributed by atoms with E-state index < -0.39 is 30.4 Å². The molecule has 0 bridgehead atoms. The molecule has 0 aliphatic rings. The van der Waals surface area contributed by atoms with Crippen LogP contribution in [0, 0.1) is 0 Å². The van der Waals surface area contributed by atoms with Gasteiger partial charge in [-0.1, -0.05) is 192 Å². The predicted molar refractivity (Wildman–Crippen MR) is 238 cm³/mol. The van der Waals surface area contributed by atoms with Gasteiger partial charge in [0.15, 0.2) is 15.2 Å². The van der Waals surface area contributed by atoms with Crippen LogP contribution >= 0.6 is 22.2 Å². The molecule has 0 aromatic heterocycles. The molecule has 0 aliphatic heterocycles. The van der Waals surface area contributed by atoms with E-state index in [1.807, 2.05) is 0 Å². The fourth-order valence-electron chi connectivity index (χ4n) is 6.62. The standard InChI is InChI=1S/C19H44Cl2Si4.2C9H21Si.Ge/c1-16(2,3)24(13,17(4,5)6)22(20)15-23(21)25(14,18(7,8)9)19(10,11)12;2*1-8(2,3)10(7)9(4,5)6;/h15H2,1-14H3;2*1-7H3;. The first-order valence-corrected chi connectivity index (χ1v) is 34.0. The van der Waals surface area contributed by atoms with E-state index in [1.54, 1.807) is 0 Å².